The Kier molecular flexibility index (Phi) is 7.15. The lowest BCUT2D eigenvalue weighted by Crippen LogP contribution is -2.70. The molecule has 0 saturated carbocycles. The van der Waals surface area contributed by atoms with Crippen LogP contribution in [-0.2, 0) is 14.3 Å². The van der Waals surface area contributed by atoms with Crippen LogP contribution in [0.5, 0.6) is 0 Å². The highest BCUT2D eigenvalue weighted by molar-refractivity contribution is 5.99. The first-order valence-electron chi connectivity index (χ1n) is 8.27. The van der Waals surface area contributed by atoms with Gasteiger partial charge in [-0.25, -0.2) is 0 Å². The van der Waals surface area contributed by atoms with Gasteiger partial charge in [0, 0.05) is 19.8 Å². The number of rotatable bonds is 9. The molecule has 0 aromatic carbocycles. The zero-order valence-electron chi connectivity index (χ0n) is 13.9. The average Bonchev–Trinajstić information content (AvgIpc) is 2.50. The Hall–Kier alpha value is -1.10. The van der Waals surface area contributed by atoms with Gasteiger partial charge >= 0.3 is 0 Å². The van der Waals surface area contributed by atoms with Gasteiger partial charge in [-0.1, -0.05) is 27.7 Å². The molecular weight excluding hydrogens is 268 g/mol. The molecule has 0 aromatic rings. The minimum atomic E-state index is -0.715. The van der Waals surface area contributed by atoms with Gasteiger partial charge in [-0.15, -0.1) is 0 Å². The lowest BCUT2D eigenvalue weighted by Gasteiger charge is -2.45. The van der Waals surface area contributed by atoms with Crippen LogP contribution in [-0.4, -0.2) is 48.1 Å². The largest absolute Gasteiger partial charge is 0.381 e. The van der Waals surface area contributed by atoms with E-state index in [2.05, 4.69) is 12.2 Å². The zero-order chi connectivity index (χ0) is 15.9. The van der Waals surface area contributed by atoms with E-state index < -0.39 is 5.54 Å². The van der Waals surface area contributed by atoms with Gasteiger partial charge in [0.25, 0.3) is 0 Å². The van der Waals surface area contributed by atoms with Gasteiger partial charge in [-0.3, -0.25) is 9.59 Å². The number of hydrogen-bond acceptors (Lipinski definition) is 3. The molecule has 1 heterocycles. The first-order chi connectivity index (χ1) is 10.1. The molecule has 0 aliphatic carbocycles. The van der Waals surface area contributed by atoms with Crippen LogP contribution in [0, 0.1) is 0 Å². The second-order valence-corrected chi connectivity index (χ2v) is 5.67. The van der Waals surface area contributed by atoms with Gasteiger partial charge < -0.3 is 15.0 Å². The maximum atomic E-state index is 12.8. The van der Waals surface area contributed by atoms with Crippen molar-refractivity contribution < 1.29 is 14.3 Å². The van der Waals surface area contributed by atoms with Crippen LogP contribution >= 0.6 is 0 Å². The zero-order valence-corrected chi connectivity index (χ0v) is 13.9. The van der Waals surface area contributed by atoms with Gasteiger partial charge in [0.15, 0.2) is 0 Å². The highest BCUT2D eigenvalue weighted by Gasteiger charge is 2.47. The molecule has 5 heteroatoms. The molecule has 0 aromatic heterocycles. The van der Waals surface area contributed by atoms with Crippen LogP contribution < -0.4 is 5.32 Å². The molecular formula is C16H30N2O3. The van der Waals surface area contributed by atoms with Crippen molar-refractivity contribution in [3.8, 4) is 0 Å². The normalized spacial score (nSPS) is 21.5. The van der Waals surface area contributed by atoms with Gasteiger partial charge in [0.2, 0.25) is 11.8 Å². The van der Waals surface area contributed by atoms with Crippen LogP contribution in [0.4, 0.5) is 0 Å². The highest BCUT2D eigenvalue weighted by atomic mass is 16.5. The summed E-state index contributed by atoms with van der Waals surface area (Å²) >= 11 is 0. The predicted octanol–water partition coefficient (Wildman–Crippen LogP) is 2.10. The fourth-order valence-corrected chi connectivity index (χ4v) is 2.91. The summed E-state index contributed by atoms with van der Waals surface area (Å²) in [7, 11) is 0. The van der Waals surface area contributed by atoms with E-state index in [0.29, 0.717) is 32.4 Å². The van der Waals surface area contributed by atoms with E-state index >= 15 is 0 Å². The summed E-state index contributed by atoms with van der Waals surface area (Å²) in [6.45, 7) is 9.91. The van der Waals surface area contributed by atoms with E-state index in [-0.39, 0.29) is 17.9 Å². The van der Waals surface area contributed by atoms with Crippen molar-refractivity contribution >= 4 is 11.8 Å². The minimum absolute atomic E-state index is 0.0183. The molecule has 1 saturated heterocycles. The smallest absolute Gasteiger partial charge is 0.248 e. The number of amides is 2. The van der Waals surface area contributed by atoms with Crippen LogP contribution in [0.15, 0.2) is 0 Å². The van der Waals surface area contributed by atoms with Crippen molar-refractivity contribution in [2.75, 3.05) is 19.8 Å². The molecule has 1 atom stereocenters. The second kappa shape index (κ2) is 8.37. The van der Waals surface area contributed by atoms with Crippen LogP contribution in [0.3, 0.4) is 0 Å². The Morgan fingerprint density at radius 2 is 1.81 bits per heavy atom. The lowest BCUT2D eigenvalue weighted by atomic mass is 9.86. The molecule has 21 heavy (non-hydrogen) atoms. The summed E-state index contributed by atoms with van der Waals surface area (Å²) in [4.78, 5) is 26.9. The first-order valence-corrected chi connectivity index (χ1v) is 8.27. The SMILES string of the molecule is CCCOCCCN1C(=O)C(CC)(CC)NC(=O)C1CC. The van der Waals surface area contributed by atoms with Gasteiger partial charge in [-0.05, 0) is 32.1 Å². The molecule has 122 valence electrons. The van der Waals surface area contributed by atoms with Crippen LogP contribution in [0.25, 0.3) is 0 Å². The summed E-state index contributed by atoms with van der Waals surface area (Å²) in [5, 5.41) is 2.96. The van der Waals surface area contributed by atoms with Crippen LogP contribution in [0.2, 0.25) is 0 Å². The van der Waals surface area contributed by atoms with E-state index in [9.17, 15) is 9.59 Å². The molecule has 0 radical (unpaired) electrons. The maximum absolute atomic E-state index is 12.8. The molecule has 1 rings (SSSR count). The highest BCUT2D eigenvalue weighted by Crippen LogP contribution is 2.26. The fourth-order valence-electron chi connectivity index (χ4n) is 2.91. The van der Waals surface area contributed by atoms with Crippen molar-refractivity contribution in [2.45, 2.75) is 71.4 Å². The number of carbonyl (C=O) groups is 2. The maximum Gasteiger partial charge on any atom is 0.248 e. The summed E-state index contributed by atoms with van der Waals surface area (Å²) in [6.07, 6.45) is 3.69. The summed E-state index contributed by atoms with van der Waals surface area (Å²) < 4.78 is 5.47. The predicted molar refractivity (Wildman–Crippen MR) is 83.0 cm³/mol. The number of nitrogens with zero attached hydrogens (tertiary/aromatic N) is 1. The third-order valence-corrected chi connectivity index (χ3v) is 4.34. The Morgan fingerprint density at radius 3 is 2.33 bits per heavy atom. The third kappa shape index (κ3) is 3.96. The molecule has 5 nitrogen and oxygen atoms in total. The van der Waals surface area contributed by atoms with E-state index in [1.54, 1.807) is 4.90 Å². The molecule has 1 aliphatic heterocycles. The topological polar surface area (TPSA) is 58.6 Å². The van der Waals surface area contributed by atoms with Crippen molar-refractivity contribution in [1.82, 2.24) is 10.2 Å². The summed E-state index contributed by atoms with van der Waals surface area (Å²) in [5.41, 5.74) is -0.715. The Morgan fingerprint density at radius 1 is 1.14 bits per heavy atom. The summed E-state index contributed by atoms with van der Waals surface area (Å²) in [6, 6.07) is -0.338. The monoisotopic (exact) mass is 298 g/mol. The number of piperazine rings is 1. The van der Waals surface area contributed by atoms with Crippen LogP contribution in [0.1, 0.15) is 59.8 Å². The lowest BCUT2D eigenvalue weighted by molar-refractivity contribution is -0.155. The Balaban J connectivity index is 2.74. The van der Waals surface area contributed by atoms with Gasteiger partial charge in [0.1, 0.15) is 11.6 Å². The van der Waals surface area contributed by atoms with E-state index in [4.69, 9.17) is 4.74 Å². The number of carbonyl (C=O) groups excluding carboxylic acids is 2. The van der Waals surface area contributed by atoms with Gasteiger partial charge in [0.05, 0.1) is 0 Å². The molecule has 0 spiro atoms. The van der Waals surface area contributed by atoms with Crippen molar-refractivity contribution in [3.05, 3.63) is 0 Å². The van der Waals surface area contributed by atoms with E-state index in [1.165, 1.54) is 0 Å². The van der Waals surface area contributed by atoms with Crippen molar-refractivity contribution in [2.24, 2.45) is 0 Å². The third-order valence-electron chi connectivity index (χ3n) is 4.34. The number of hydrogen-bond donors (Lipinski definition) is 1. The average molecular weight is 298 g/mol. The molecule has 1 N–H and O–H groups in total. The second-order valence-electron chi connectivity index (χ2n) is 5.67. The van der Waals surface area contributed by atoms with Gasteiger partial charge in [-0.2, -0.15) is 0 Å². The van der Waals surface area contributed by atoms with E-state index in [0.717, 1.165) is 19.4 Å². The Labute approximate surface area is 128 Å². The summed E-state index contributed by atoms with van der Waals surface area (Å²) in [5.74, 6) is 0.0460. The first kappa shape index (κ1) is 18.0. The minimum Gasteiger partial charge on any atom is -0.381 e. The molecule has 2 amide bonds. The quantitative estimate of drug-likeness (QED) is 0.663. The van der Waals surface area contributed by atoms with Crippen molar-refractivity contribution in [3.63, 3.8) is 0 Å². The molecule has 1 unspecified atom stereocenters. The molecule has 0 bridgehead atoms. The van der Waals surface area contributed by atoms with E-state index in [1.807, 2.05) is 20.8 Å². The number of ether oxygens (including phenoxy) is 1. The standard InChI is InChI=1S/C16H30N2O3/c1-5-11-21-12-9-10-18-13(6-2)14(19)17-16(7-3,8-4)15(18)20/h13H,5-12H2,1-4H3,(H,17,19). The Bertz CT molecular complexity index is 353. The number of nitrogens with one attached hydrogen (secondary N) is 1. The fraction of sp³-hybridized carbons (Fsp3) is 0.875. The van der Waals surface area contributed by atoms with Crippen molar-refractivity contribution in [1.29, 1.82) is 0 Å². The molecule has 1 fully saturated rings. The molecule has 1 aliphatic rings.